The minimum atomic E-state index is -4.35. The molecule has 5 heteroatoms. The van der Waals surface area contributed by atoms with E-state index in [2.05, 4.69) is 0 Å². The van der Waals surface area contributed by atoms with Crippen molar-refractivity contribution in [1.29, 1.82) is 0 Å². The molecule has 2 rings (SSSR count). The van der Waals surface area contributed by atoms with Crippen LogP contribution >= 0.6 is 0 Å². The first kappa shape index (κ1) is 9.95. The second-order valence-electron chi connectivity index (χ2n) is 3.14. The first-order valence-corrected chi connectivity index (χ1v) is 5.65. The van der Waals surface area contributed by atoms with Gasteiger partial charge in [-0.1, -0.05) is 30.3 Å². The molecule has 77 valence electrons. The summed E-state index contributed by atoms with van der Waals surface area (Å²) in [7, 11) is -4.35. The van der Waals surface area contributed by atoms with Crippen LogP contribution in [0, 0.1) is 0 Å². The number of rotatable bonds is 1. The van der Waals surface area contributed by atoms with Gasteiger partial charge in [-0.2, -0.15) is 8.42 Å². The Hall–Kier alpha value is -1.59. The van der Waals surface area contributed by atoms with E-state index < -0.39 is 10.1 Å². The van der Waals surface area contributed by atoms with E-state index in [0.29, 0.717) is 10.8 Å². The van der Waals surface area contributed by atoms with Crippen LogP contribution in [0.2, 0.25) is 0 Å². The molecular weight excluding hydrogens is 214 g/mol. The Kier molecular flexibility index (Phi) is 2.13. The van der Waals surface area contributed by atoms with Crippen LogP contribution in [-0.4, -0.2) is 13.0 Å². The Morgan fingerprint density at radius 2 is 1.73 bits per heavy atom. The van der Waals surface area contributed by atoms with Gasteiger partial charge in [0.25, 0.3) is 10.1 Å². The number of nitrogens with one attached hydrogen (secondary N) is 1. The predicted molar refractivity (Wildman–Crippen MR) is 56.5 cm³/mol. The Morgan fingerprint density at radius 3 is 2.40 bits per heavy atom. The number of hydrogen-bond donors (Lipinski definition) is 1. The van der Waals surface area contributed by atoms with Gasteiger partial charge in [0.2, 0.25) is 0 Å². The topological polar surface area (TPSA) is 78.2 Å². The summed E-state index contributed by atoms with van der Waals surface area (Å²) in [5.41, 5.74) is 7.27. The van der Waals surface area contributed by atoms with E-state index in [4.69, 9.17) is 10.3 Å². The van der Waals surface area contributed by atoms with Crippen LogP contribution in [0.15, 0.2) is 41.3 Å². The molecule has 0 fully saturated rings. The van der Waals surface area contributed by atoms with Crippen LogP contribution in [-0.2, 0) is 10.1 Å². The van der Waals surface area contributed by atoms with Gasteiger partial charge in [-0.3, -0.25) is 10.3 Å². The molecule has 0 saturated carbocycles. The normalized spacial score (nSPS) is 11.8. The van der Waals surface area contributed by atoms with Crippen molar-refractivity contribution in [1.82, 2.24) is 5.73 Å². The molecule has 1 radical (unpaired) electrons. The van der Waals surface area contributed by atoms with E-state index in [1.807, 2.05) is 0 Å². The predicted octanol–water partition coefficient (Wildman–Crippen LogP) is 2.00. The van der Waals surface area contributed by atoms with Crippen molar-refractivity contribution < 1.29 is 13.0 Å². The smallest absolute Gasteiger partial charge is 0.297 e. The second-order valence-corrected chi connectivity index (χ2v) is 4.50. The third-order valence-corrected chi connectivity index (χ3v) is 3.09. The van der Waals surface area contributed by atoms with Crippen molar-refractivity contribution in [2.45, 2.75) is 4.90 Å². The number of benzene rings is 2. The van der Waals surface area contributed by atoms with Gasteiger partial charge in [0.15, 0.2) is 0 Å². The standard InChI is InChI=1S/C10H8NO3S/c11-9-6-5-7-3-1-2-4-8(7)10(9)15(12,13)14/h1-6,11H,(H,12,13,14). The van der Waals surface area contributed by atoms with Crippen molar-refractivity contribution in [3.63, 3.8) is 0 Å². The molecule has 0 bridgehead atoms. The van der Waals surface area contributed by atoms with Gasteiger partial charge < -0.3 is 0 Å². The molecule has 0 atom stereocenters. The van der Waals surface area contributed by atoms with Gasteiger partial charge in [-0.25, -0.2) is 0 Å². The maximum atomic E-state index is 11.1. The molecule has 2 aromatic carbocycles. The van der Waals surface area contributed by atoms with E-state index in [0.717, 1.165) is 0 Å². The van der Waals surface area contributed by atoms with Gasteiger partial charge in [-0.05, 0) is 11.5 Å². The molecule has 2 aromatic rings. The third kappa shape index (κ3) is 1.67. The largest absolute Gasteiger partial charge is 0.299 e. The minimum absolute atomic E-state index is 0.198. The summed E-state index contributed by atoms with van der Waals surface area (Å²) in [6, 6.07) is 9.72. The summed E-state index contributed by atoms with van der Waals surface area (Å²) in [4.78, 5) is -0.333. The number of hydrogen-bond acceptors (Lipinski definition) is 2. The first-order valence-electron chi connectivity index (χ1n) is 4.21. The van der Waals surface area contributed by atoms with Crippen LogP contribution in [0.25, 0.3) is 10.8 Å². The lowest BCUT2D eigenvalue weighted by Crippen LogP contribution is -2.00. The average molecular weight is 222 g/mol. The van der Waals surface area contributed by atoms with Crippen LogP contribution in [0.3, 0.4) is 0 Å². The van der Waals surface area contributed by atoms with E-state index in [9.17, 15) is 8.42 Å². The van der Waals surface area contributed by atoms with E-state index in [1.165, 1.54) is 6.07 Å². The summed E-state index contributed by atoms with van der Waals surface area (Å²) in [5.74, 6) is 0. The van der Waals surface area contributed by atoms with Crippen LogP contribution in [0.5, 0.6) is 0 Å². The average Bonchev–Trinajstić information content (AvgIpc) is 2.15. The summed E-state index contributed by atoms with van der Waals surface area (Å²) in [6.45, 7) is 0. The van der Waals surface area contributed by atoms with Crippen molar-refractivity contribution in [3.05, 3.63) is 36.4 Å². The molecule has 0 aromatic heterocycles. The molecule has 0 aliphatic carbocycles. The van der Waals surface area contributed by atoms with Crippen molar-refractivity contribution in [3.8, 4) is 0 Å². The Balaban J connectivity index is 2.99. The molecule has 0 spiro atoms. The van der Waals surface area contributed by atoms with Gasteiger partial charge in [0, 0.05) is 5.39 Å². The first-order chi connectivity index (χ1) is 7.00. The van der Waals surface area contributed by atoms with Gasteiger partial charge in [-0.15, -0.1) is 0 Å². The maximum Gasteiger partial charge on any atom is 0.297 e. The Labute approximate surface area is 87.1 Å². The quantitative estimate of drug-likeness (QED) is 0.749. The summed E-state index contributed by atoms with van der Waals surface area (Å²) < 4.78 is 31.2. The summed E-state index contributed by atoms with van der Waals surface area (Å²) >= 11 is 0. The molecule has 15 heavy (non-hydrogen) atoms. The lowest BCUT2D eigenvalue weighted by Gasteiger charge is -2.05. The highest BCUT2D eigenvalue weighted by Crippen LogP contribution is 2.28. The van der Waals surface area contributed by atoms with Crippen molar-refractivity contribution in [2.24, 2.45) is 0 Å². The lowest BCUT2D eigenvalue weighted by atomic mass is 10.1. The van der Waals surface area contributed by atoms with Crippen LogP contribution in [0.4, 0.5) is 5.69 Å². The van der Waals surface area contributed by atoms with Crippen molar-refractivity contribution in [2.75, 3.05) is 0 Å². The van der Waals surface area contributed by atoms with E-state index >= 15 is 0 Å². The molecule has 0 unspecified atom stereocenters. The highest BCUT2D eigenvalue weighted by atomic mass is 32.2. The summed E-state index contributed by atoms with van der Waals surface area (Å²) in [5, 5.41) is 1.05. The number of fused-ring (bicyclic) bond motifs is 1. The third-order valence-electron chi connectivity index (χ3n) is 2.14. The summed E-state index contributed by atoms with van der Waals surface area (Å²) in [6.07, 6.45) is 0. The Morgan fingerprint density at radius 1 is 1.07 bits per heavy atom. The highest BCUT2D eigenvalue weighted by molar-refractivity contribution is 7.86. The molecule has 0 amide bonds. The maximum absolute atomic E-state index is 11.1. The SMILES string of the molecule is [NH]c1ccc2ccccc2c1S(=O)(=O)O. The second kappa shape index (κ2) is 3.22. The zero-order chi connectivity index (χ0) is 11.1. The molecular formula is C10H8NO3S. The van der Waals surface area contributed by atoms with Crippen LogP contribution in [0.1, 0.15) is 0 Å². The van der Waals surface area contributed by atoms with E-state index in [1.54, 1.807) is 30.3 Å². The monoisotopic (exact) mass is 222 g/mol. The fourth-order valence-electron chi connectivity index (χ4n) is 1.52. The zero-order valence-corrected chi connectivity index (χ0v) is 8.45. The molecule has 0 aliphatic rings. The lowest BCUT2D eigenvalue weighted by molar-refractivity contribution is 0.484. The van der Waals surface area contributed by atoms with Gasteiger partial charge in [0.05, 0.1) is 5.69 Å². The molecule has 0 saturated heterocycles. The fourth-order valence-corrected chi connectivity index (χ4v) is 2.33. The molecule has 2 N–H and O–H groups in total. The highest BCUT2D eigenvalue weighted by Gasteiger charge is 2.17. The molecule has 4 nitrogen and oxygen atoms in total. The molecule has 0 heterocycles. The fraction of sp³-hybridized carbons (Fsp3) is 0. The zero-order valence-electron chi connectivity index (χ0n) is 7.64. The molecule has 0 aliphatic heterocycles. The Bertz CT molecular complexity index is 620. The van der Waals surface area contributed by atoms with Crippen molar-refractivity contribution >= 4 is 26.6 Å². The minimum Gasteiger partial charge on any atom is -0.299 e. The van der Waals surface area contributed by atoms with Crippen LogP contribution < -0.4 is 5.73 Å². The van der Waals surface area contributed by atoms with E-state index in [-0.39, 0.29) is 10.6 Å². The van der Waals surface area contributed by atoms with Gasteiger partial charge in [0.1, 0.15) is 4.90 Å². The van der Waals surface area contributed by atoms with Gasteiger partial charge >= 0.3 is 0 Å².